The van der Waals surface area contributed by atoms with Crippen molar-refractivity contribution in [1.29, 1.82) is 0 Å². The van der Waals surface area contributed by atoms with E-state index in [1.807, 2.05) is 19.6 Å². The summed E-state index contributed by atoms with van der Waals surface area (Å²) in [5, 5.41) is 30.8. The van der Waals surface area contributed by atoms with Crippen molar-refractivity contribution in [2.24, 2.45) is 0 Å². The molecule has 194 valence electrons. The summed E-state index contributed by atoms with van der Waals surface area (Å²) in [4.78, 5) is 0. The van der Waals surface area contributed by atoms with E-state index in [0.29, 0.717) is 11.1 Å². The van der Waals surface area contributed by atoms with E-state index in [0.717, 1.165) is 0 Å². The molecule has 7 nitrogen and oxygen atoms in total. The van der Waals surface area contributed by atoms with E-state index in [4.69, 9.17) is 30.2 Å². The Kier molecular flexibility index (Phi) is 8.60. The van der Waals surface area contributed by atoms with Gasteiger partial charge in [-0.15, -0.1) is 11.6 Å². The number of hydrogen-bond acceptors (Lipinski definition) is 7. The van der Waals surface area contributed by atoms with E-state index < -0.39 is 55.5 Å². The van der Waals surface area contributed by atoms with Crippen LogP contribution in [-0.2, 0) is 19.7 Å². The average Bonchev–Trinajstić information content (AvgIpc) is 2.83. The van der Waals surface area contributed by atoms with E-state index in [1.54, 1.807) is 12.1 Å². The summed E-state index contributed by atoms with van der Waals surface area (Å²) in [6.07, 6.45) is -5.58. The molecule has 0 spiro atoms. The molecule has 11 heteroatoms. The van der Waals surface area contributed by atoms with Gasteiger partial charge in [0.2, 0.25) is 11.6 Å². The second-order valence-corrected chi connectivity index (χ2v) is 14.3. The van der Waals surface area contributed by atoms with Gasteiger partial charge in [-0.25, -0.2) is 4.39 Å². The number of benzene rings is 2. The summed E-state index contributed by atoms with van der Waals surface area (Å²) in [5.41, 5.74) is 0.690. The highest BCUT2D eigenvalue weighted by atomic mass is 35.5. The van der Waals surface area contributed by atoms with E-state index in [9.17, 15) is 24.1 Å². The summed E-state index contributed by atoms with van der Waals surface area (Å²) in [6, 6.07) is 8.81. The predicted octanol–water partition coefficient (Wildman–Crippen LogP) is 3.43. The molecular weight excluding hydrogens is 502 g/mol. The van der Waals surface area contributed by atoms with Crippen LogP contribution in [0.4, 0.5) is 8.78 Å². The molecule has 1 aliphatic heterocycles. The molecule has 1 saturated heterocycles. The lowest BCUT2D eigenvalue weighted by molar-refractivity contribution is -0.365. The number of aliphatic hydroxyl groups is 3. The summed E-state index contributed by atoms with van der Waals surface area (Å²) in [5.74, 6) is -4.30. The zero-order valence-electron chi connectivity index (χ0n) is 20.2. The first-order chi connectivity index (χ1) is 16.4. The van der Waals surface area contributed by atoms with Crippen molar-refractivity contribution in [2.45, 2.75) is 55.2 Å². The van der Waals surface area contributed by atoms with Gasteiger partial charge in [-0.3, -0.25) is 0 Å². The quantitative estimate of drug-likeness (QED) is 0.354. The lowest BCUT2D eigenvalue weighted by Crippen LogP contribution is -2.64. The Balaban J connectivity index is 1.91. The fourth-order valence-electron chi connectivity index (χ4n) is 3.95. The van der Waals surface area contributed by atoms with E-state index in [2.05, 4.69) is 0 Å². The topological polar surface area (TPSA) is 97.6 Å². The van der Waals surface area contributed by atoms with Crippen molar-refractivity contribution < 1.29 is 42.7 Å². The Labute approximate surface area is 209 Å². The molecule has 3 rings (SSSR count). The van der Waals surface area contributed by atoms with Crippen molar-refractivity contribution in [3.63, 3.8) is 0 Å². The van der Waals surface area contributed by atoms with Gasteiger partial charge in [0.25, 0.3) is 0 Å². The van der Waals surface area contributed by atoms with Crippen LogP contribution >= 0.6 is 11.6 Å². The molecule has 35 heavy (non-hydrogen) atoms. The maximum Gasteiger partial charge on any atom is 0.224 e. The first kappa shape index (κ1) is 27.9. The zero-order valence-corrected chi connectivity index (χ0v) is 21.9. The summed E-state index contributed by atoms with van der Waals surface area (Å²) in [7, 11) is 0.570. The van der Waals surface area contributed by atoms with Crippen LogP contribution < -0.4 is 4.74 Å². The monoisotopic (exact) mass is 532 g/mol. The molecule has 1 fully saturated rings. The van der Waals surface area contributed by atoms with Crippen LogP contribution in [-0.4, -0.2) is 68.9 Å². The minimum Gasteiger partial charge on any atom is -0.494 e. The SMILES string of the molecule is COc1ccc(C(Cl)c2ccc([C@]3(OC)O[C@H](CO[Si](C)(C)C)C(O)[C@H](O)[C@H]3O)cc2)c(F)c1F. The molecule has 0 saturated carbocycles. The Morgan fingerprint density at radius 1 is 1.00 bits per heavy atom. The Hall–Kier alpha value is -1.63. The molecule has 1 aliphatic rings. The van der Waals surface area contributed by atoms with Gasteiger partial charge >= 0.3 is 0 Å². The molecule has 6 atom stereocenters. The number of alkyl halides is 1. The fourth-order valence-corrected chi connectivity index (χ4v) is 4.93. The van der Waals surface area contributed by atoms with Crippen LogP contribution in [0.2, 0.25) is 19.6 Å². The van der Waals surface area contributed by atoms with Crippen molar-refractivity contribution in [2.75, 3.05) is 20.8 Å². The van der Waals surface area contributed by atoms with Crippen molar-refractivity contribution in [1.82, 2.24) is 0 Å². The summed E-state index contributed by atoms with van der Waals surface area (Å²) >= 11 is 6.44. The van der Waals surface area contributed by atoms with Gasteiger partial charge in [-0.05, 0) is 31.3 Å². The smallest absolute Gasteiger partial charge is 0.224 e. The first-order valence-corrected chi connectivity index (χ1v) is 14.9. The Morgan fingerprint density at radius 2 is 1.63 bits per heavy atom. The fraction of sp³-hybridized carbons (Fsp3) is 0.500. The van der Waals surface area contributed by atoms with Gasteiger partial charge in [-0.1, -0.05) is 30.3 Å². The third kappa shape index (κ3) is 5.54. The third-order valence-corrected chi connectivity index (χ3v) is 7.45. The molecule has 0 amide bonds. The first-order valence-electron chi connectivity index (χ1n) is 11.0. The van der Waals surface area contributed by atoms with Crippen LogP contribution in [0.3, 0.4) is 0 Å². The molecule has 0 radical (unpaired) electrons. The highest BCUT2D eigenvalue weighted by Gasteiger charge is 2.55. The van der Waals surface area contributed by atoms with Crippen LogP contribution in [0.5, 0.6) is 5.75 Å². The lowest BCUT2D eigenvalue weighted by Gasteiger charge is -2.48. The average molecular weight is 533 g/mol. The second-order valence-electron chi connectivity index (χ2n) is 9.35. The van der Waals surface area contributed by atoms with Crippen molar-refractivity contribution in [3.8, 4) is 5.75 Å². The van der Waals surface area contributed by atoms with Crippen LogP contribution in [0, 0.1) is 11.6 Å². The molecule has 2 aromatic rings. The van der Waals surface area contributed by atoms with E-state index >= 15 is 0 Å². The summed E-state index contributed by atoms with van der Waals surface area (Å²) in [6.45, 7) is 5.90. The van der Waals surface area contributed by atoms with Crippen molar-refractivity contribution in [3.05, 3.63) is 64.7 Å². The molecule has 0 aliphatic carbocycles. The highest BCUT2D eigenvalue weighted by molar-refractivity contribution is 6.69. The van der Waals surface area contributed by atoms with Gasteiger partial charge in [-0.2, -0.15) is 4.39 Å². The van der Waals surface area contributed by atoms with Gasteiger partial charge in [0, 0.05) is 18.2 Å². The number of aliphatic hydroxyl groups excluding tert-OH is 3. The zero-order chi connectivity index (χ0) is 26.1. The van der Waals surface area contributed by atoms with Gasteiger partial charge in [0.15, 0.2) is 19.9 Å². The van der Waals surface area contributed by atoms with Crippen LogP contribution in [0.25, 0.3) is 0 Å². The predicted molar refractivity (Wildman–Crippen MR) is 128 cm³/mol. The molecule has 2 unspecified atom stereocenters. The number of halogens is 3. The van der Waals surface area contributed by atoms with E-state index in [1.165, 1.54) is 38.5 Å². The number of methoxy groups -OCH3 is 2. The molecule has 0 bridgehead atoms. The minimum absolute atomic E-state index is 0.00404. The molecule has 3 N–H and O–H groups in total. The minimum atomic E-state index is -1.97. The second kappa shape index (κ2) is 10.8. The Bertz CT molecular complexity index is 1020. The van der Waals surface area contributed by atoms with Crippen molar-refractivity contribution >= 4 is 19.9 Å². The third-order valence-electron chi connectivity index (χ3n) is 5.93. The Morgan fingerprint density at radius 3 is 2.17 bits per heavy atom. The summed E-state index contributed by atoms with van der Waals surface area (Å²) < 4.78 is 50.9. The molecule has 1 heterocycles. The van der Waals surface area contributed by atoms with Crippen LogP contribution in [0.15, 0.2) is 36.4 Å². The molecule has 0 aromatic heterocycles. The van der Waals surface area contributed by atoms with Crippen LogP contribution in [0.1, 0.15) is 22.1 Å². The largest absolute Gasteiger partial charge is 0.494 e. The lowest BCUT2D eigenvalue weighted by atomic mass is 9.87. The van der Waals surface area contributed by atoms with E-state index in [-0.39, 0.29) is 17.9 Å². The maximum absolute atomic E-state index is 14.5. The normalized spacial score (nSPS) is 28.1. The molecular formula is C24H31ClF2O7Si. The van der Waals surface area contributed by atoms with Gasteiger partial charge in [0.1, 0.15) is 24.4 Å². The standard InChI is InChI=1S/C24H31ClF2O7Si/c1-31-16-11-10-15(19(26)20(16)27)18(25)13-6-8-14(9-7-13)24(32-2)23(30)22(29)21(28)17(34-24)12-33-35(3,4)5/h6-11,17-18,21-23,28-30H,12H2,1-5H3/t17-,18?,21?,22+,23-,24+/m1/s1. The molecule has 2 aromatic carbocycles. The highest BCUT2D eigenvalue weighted by Crippen LogP contribution is 2.41. The van der Waals surface area contributed by atoms with Gasteiger partial charge in [0.05, 0.1) is 19.1 Å². The number of rotatable bonds is 8. The maximum atomic E-state index is 14.5. The number of hydrogen-bond donors (Lipinski definition) is 3. The van der Waals surface area contributed by atoms with Gasteiger partial charge < -0.3 is 34.0 Å². The number of ether oxygens (including phenoxy) is 3.